The summed E-state index contributed by atoms with van der Waals surface area (Å²) >= 11 is 0. The largest absolute Gasteiger partial charge is 0.463 e. The third-order valence-electron chi connectivity index (χ3n) is 2.13. The number of rotatable bonds is 6. The molecule has 16 heavy (non-hydrogen) atoms. The molecule has 0 saturated carbocycles. The minimum atomic E-state index is -0.347. The van der Waals surface area contributed by atoms with Gasteiger partial charge in [0.1, 0.15) is 0 Å². The summed E-state index contributed by atoms with van der Waals surface area (Å²) < 4.78 is 6.60. The van der Waals surface area contributed by atoms with Crippen LogP contribution in [0.1, 0.15) is 12.6 Å². The van der Waals surface area contributed by atoms with Crippen molar-refractivity contribution in [3.8, 4) is 0 Å². The molecule has 0 aromatic carbocycles. The molecule has 0 saturated heterocycles. The number of nitrogens with one attached hydrogen (secondary N) is 1. The van der Waals surface area contributed by atoms with Gasteiger partial charge < -0.3 is 10.1 Å². The monoisotopic (exact) mass is 223 g/mol. The van der Waals surface area contributed by atoms with Crippen LogP contribution in [0.4, 0.5) is 0 Å². The highest BCUT2D eigenvalue weighted by atomic mass is 16.5. The van der Waals surface area contributed by atoms with Crippen molar-refractivity contribution in [1.29, 1.82) is 0 Å². The van der Waals surface area contributed by atoms with Crippen LogP contribution in [0.15, 0.2) is 24.4 Å². The van der Waals surface area contributed by atoms with Gasteiger partial charge in [-0.3, -0.25) is 4.68 Å². The molecule has 5 heteroatoms. The van der Waals surface area contributed by atoms with E-state index in [9.17, 15) is 4.79 Å². The van der Waals surface area contributed by atoms with E-state index in [1.165, 1.54) is 0 Å². The SMILES string of the molecule is C=C(CNCc1ccnn1C)C(=O)OCC. The number of hydrogen-bond acceptors (Lipinski definition) is 4. The zero-order valence-corrected chi connectivity index (χ0v) is 9.69. The molecule has 0 atom stereocenters. The van der Waals surface area contributed by atoms with Gasteiger partial charge >= 0.3 is 5.97 Å². The van der Waals surface area contributed by atoms with Gasteiger partial charge in [0.05, 0.1) is 12.3 Å². The Bertz CT molecular complexity index is 371. The van der Waals surface area contributed by atoms with Gasteiger partial charge in [-0.05, 0) is 13.0 Å². The van der Waals surface area contributed by atoms with Gasteiger partial charge in [0, 0.05) is 31.9 Å². The summed E-state index contributed by atoms with van der Waals surface area (Å²) in [4.78, 5) is 11.2. The molecule has 1 aromatic heterocycles. The fourth-order valence-electron chi connectivity index (χ4n) is 1.22. The molecule has 0 fully saturated rings. The summed E-state index contributed by atoms with van der Waals surface area (Å²) in [5.74, 6) is -0.347. The average Bonchev–Trinajstić information content (AvgIpc) is 2.65. The first-order valence-electron chi connectivity index (χ1n) is 5.17. The van der Waals surface area contributed by atoms with E-state index in [0.717, 1.165) is 5.69 Å². The van der Waals surface area contributed by atoms with Gasteiger partial charge in [-0.15, -0.1) is 0 Å². The smallest absolute Gasteiger partial charge is 0.334 e. The minimum absolute atomic E-state index is 0.347. The lowest BCUT2D eigenvalue weighted by atomic mass is 10.3. The molecule has 5 nitrogen and oxygen atoms in total. The van der Waals surface area contributed by atoms with Crippen molar-refractivity contribution in [2.45, 2.75) is 13.5 Å². The second kappa shape index (κ2) is 6.07. The summed E-state index contributed by atoms with van der Waals surface area (Å²) in [6.07, 6.45) is 1.73. The molecule has 0 bridgehead atoms. The molecule has 0 amide bonds. The summed E-state index contributed by atoms with van der Waals surface area (Å²) in [6.45, 7) is 6.87. The Labute approximate surface area is 95.1 Å². The lowest BCUT2D eigenvalue weighted by Gasteiger charge is -2.07. The molecule has 0 radical (unpaired) electrons. The quantitative estimate of drug-likeness (QED) is 0.567. The second-order valence-electron chi connectivity index (χ2n) is 3.37. The molecular formula is C11H17N3O2. The number of carbonyl (C=O) groups is 1. The van der Waals surface area contributed by atoms with Gasteiger partial charge in [-0.1, -0.05) is 6.58 Å². The number of aromatic nitrogens is 2. The highest BCUT2D eigenvalue weighted by Crippen LogP contribution is 1.97. The van der Waals surface area contributed by atoms with Crippen LogP contribution in [0, 0.1) is 0 Å². The Balaban J connectivity index is 2.28. The lowest BCUT2D eigenvalue weighted by Crippen LogP contribution is -2.22. The van der Waals surface area contributed by atoms with E-state index < -0.39 is 0 Å². The highest BCUT2D eigenvalue weighted by molar-refractivity contribution is 5.88. The second-order valence-corrected chi connectivity index (χ2v) is 3.37. The van der Waals surface area contributed by atoms with E-state index in [1.807, 2.05) is 13.1 Å². The van der Waals surface area contributed by atoms with Gasteiger partial charge in [-0.2, -0.15) is 5.10 Å². The van der Waals surface area contributed by atoms with Gasteiger partial charge in [0.25, 0.3) is 0 Å². The maximum atomic E-state index is 11.2. The lowest BCUT2D eigenvalue weighted by molar-refractivity contribution is -0.138. The molecule has 1 rings (SSSR count). The zero-order chi connectivity index (χ0) is 12.0. The van der Waals surface area contributed by atoms with Crippen molar-refractivity contribution in [1.82, 2.24) is 15.1 Å². The van der Waals surface area contributed by atoms with Gasteiger partial charge in [0.15, 0.2) is 0 Å². The number of nitrogens with zero attached hydrogens (tertiary/aromatic N) is 2. The van der Waals surface area contributed by atoms with Gasteiger partial charge in [-0.25, -0.2) is 4.79 Å². The first kappa shape index (κ1) is 12.4. The standard InChI is InChI=1S/C11H17N3O2/c1-4-16-11(15)9(2)7-12-8-10-5-6-13-14(10)3/h5-6,12H,2,4,7-8H2,1,3H3. The fourth-order valence-corrected chi connectivity index (χ4v) is 1.22. The van der Waals surface area contributed by atoms with E-state index in [1.54, 1.807) is 17.8 Å². The van der Waals surface area contributed by atoms with E-state index in [2.05, 4.69) is 17.0 Å². The molecule has 0 spiro atoms. The molecule has 0 aliphatic carbocycles. The number of hydrogen-bond donors (Lipinski definition) is 1. The molecule has 1 N–H and O–H groups in total. The van der Waals surface area contributed by atoms with Crippen molar-refractivity contribution in [2.75, 3.05) is 13.2 Å². The van der Waals surface area contributed by atoms with E-state index in [-0.39, 0.29) is 5.97 Å². The van der Waals surface area contributed by atoms with Crippen LogP contribution in [0.2, 0.25) is 0 Å². The Hall–Kier alpha value is -1.62. The van der Waals surface area contributed by atoms with E-state index in [4.69, 9.17) is 4.74 Å². The van der Waals surface area contributed by atoms with Crippen molar-refractivity contribution in [3.63, 3.8) is 0 Å². The van der Waals surface area contributed by atoms with Crippen LogP contribution in [0.5, 0.6) is 0 Å². The number of ether oxygens (including phenoxy) is 1. The summed E-state index contributed by atoms with van der Waals surface area (Å²) in [5.41, 5.74) is 1.49. The predicted octanol–water partition coefficient (Wildman–Crippen LogP) is 0.629. The number of aryl methyl sites for hydroxylation is 1. The van der Waals surface area contributed by atoms with E-state index >= 15 is 0 Å². The van der Waals surface area contributed by atoms with Crippen LogP contribution in [0.25, 0.3) is 0 Å². The predicted molar refractivity (Wildman–Crippen MR) is 60.7 cm³/mol. The van der Waals surface area contributed by atoms with Crippen molar-refractivity contribution in [3.05, 3.63) is 30.1 Å². The Kier molecular flexibility index (Phi) is 4.72. The first-order valence-corrected chi connectivity index (χ1v) is 5.17. The number of carbonyl (C=O) groups excluding carboxylic acids is 1. The molecule has 0 aliphatic rings. The first-order chi connectivity index (χ1) is 7.65. The molecule has 88 valence electrons. The third kappa shape index (κ3) is 3.51. The Morgan fingerprint density at radius 2 is 2.44 bits per heavy atom. The van der Waals surface area contributed by atoms with E-state index in [0.29, 0.717) is 25.3 Å². The Morgan fingerprint density at radius 3 is 3.00 bits per heavy atom. The molecule has 1 heterocycles. The highest BCUT2D eigenvalue weighted by Gasteiger charge is 2.07. The fraction of sp³-hybridized carbons (Fsp3) is 0.455. The molecule has 0 unspecified atom stereocenters. The Morgan fingerprint density at radius 1 is 1.69 bits per heavy atom. The van der Waals surface area contributed by atoms with Crippen LogP contribution in [0.3, 0.4) is 0 Å². The van der Waals surface area contributed by atoms with Gasteiger partial charge in [0.2, 0.25) is 0 Å². The van der Waals surface area contributed by atoms with Crippen LogP contribution in [-0.4, -0.2) is 28.9 Å². The molecule has 1 aromatic rings. The van der Waals surface area contributed by atoms with Crippen molar-refractivity contribution < 1.29 is 9.53 Å². The molecule has 0 aliphatic heterocycles. The van der Waals surface area contributed by atoms with Crippen molar-refractivity contribution in [2.24, 2.45) is 7.05 Å². The maximum Gasteiger partial charge on any atom is 0.334 e. The zero-order valence-electron chi connectivity index (χ0n) is 9.69. The topological polar surface area (TPSA) is 56.2 Å². The normalized spacial score (nSPS) is 10.1. The number of esters is 1. The molecular weight excluding hydrogens is 206 g/mol. The maximum absolute atomic E-state index is 11.2. The summed E-state index contributed by atoms with van der Waals surface area (Å²) in [7, 11) is 1.87. The minimum Gasteiger partial charge on any atom is -0.463 e. The van der Waals surface area contributed by atoms with Crippen LogP contribution >= 0.6 is 0 Å². The third-order valence-corrected chi connectivity index (χ3v) is 2.13. The average molecular weight is 223 g/mol. The van der Waals surface area contributed by atoms with Crippen LogP contribution < -0.4 is 5.32 Å². The summed E-state index contributed by atoms with van der Waals surface area (Å²) in [5, 5.41) is 7.15. The van der Waals surface area contributed by atoms with Crippen LogP contribution in [-0.2, 0) is 23.1 Å². The van der Waals surface area contributed by atoms with Crippen molar-refractivity contribution >= 4 is 5.97 Å². The summed E-state index contributed by atoms with van der Waals surface area (Å²) in [6, 6.07) is 1.92.